The van der Waals surface area contributed by atoms with Crippen LogP contribution in [-0.2, 0) is 0 Å². The Labute approximate surface area is 109 Å². The SMILES string of the molecule is CCC(C)C(C)Nc1cccc(-n2cccn2)c1. The smallest absolute Gasteiger partial charge is 0.0666 e. The molecule has 1 aromatic heterocycles. The third-order valence-corrected chi connectivity index (χ3v) is 3.51. The molecule has 0 aliphatic carbocycles. The minimum absolute atomic E-state index is 0.475. The van der Waals surface area contributed by atoms with Gasteiger partial charge in [0.25, 0.3) is 0 Å². The largest absolute Gasteiger partial charge is 0.382 e. The quantitative estimate of drug-likeness (QED) is 0.867. The van der Waals surface area contributed by atoms with Crippen LogP contribution in [0.1, 0.15) is 27.2 Å². The molecule has 3 nitrogen and oxygen atoms in total. The van der Waals surface area contributed by atoms with Gasteiger partial charge < -0.3 is 5.32 Å². The van der Waals surface area contributed by atoms with Crippen molar-refractivity contribution in [1.82, 2.24) is 9.78 Å². The van der Waals surface area contributed by atoms with Crippen LogP contribution in [0.25, 0.3) is 5.69 Å². The molecule has 0 bridgehead atoms. The Morgan fingerprint density at radius 1 is 1.28 bits per heavy atom. The Balaban J connectivity index is 2.13. The number of benzene rings is 1. The molecule has 1 N–H and O–H groups in total. The van der Waals surface area contributed by atoms with Gasteiger partial charge in [0.2, 0.25) is 0 Å². The van der Waals surface area contributed by atoms with E-state index in [0.717, 1.165) is 11.4 Å². The molecule has 1 aromatic carbocycles. The zero-order valence-electron chi connectivity index (χ0n) is 11.3. The lowest BCUT2D eigenvalue weighted by Gasteiger charge is -2.21. The van der Waals surface area contributed by atoms with Crippen molar-refractivity contribution in [1.29, 1.82) is 0 Å². The number of hydrogen-bond acceptors (Lipinski definition) is 2. The van der Waals surface area contributed by atoms with Gasteiger partial charge in [0.15, 0.2) is 0 Å². The Hall–Kier alpha value is -1.77. The maximum Gasteiger partial charge on any atom is 0.0666 e. The van der Waals surface area contributed by atoms with Crippen LogP contribution in [0.4, 0.5) is 5.69 Å². The molecule has 0 saturated heterocycles. The average molecular weight is 243 g/mol. The summed E-state index contributed by atoms with van der Waals surface area (Å²) in [6.45, 7) is 6.73. The lowest BCUT2D eigenvalue weighted by molar-refractivity contribution is 0.494. The predicted octanol–water partition coefficient (Wildman–Crippen LogP) is 3.72. The summed E-state index contributed by atoms with van der Waals surface area (Å²) >= 11 is 0. The van der Waals surface area contributed by atoms with Crippen LogP contribution >= 0.6 is 0 Å². The second kappa shape index (κ2) is 5.71. The molecule has 3 heteroatoms. The summed E-state index contributed by atoms with van der Waals surface area (Å²) in [5.74, 6) is 0.665. The summed E-state index contributed by atoms with van der Waals surface area (Å²) in [7, 11) is 0. The van der Waals surface area contributed by atoms with Gasteiger partial charge in [0.1, 0.15) is 0 Å². The number of aromatic nitrogens is 2. The molecule has 2 rings (SSSR count). The molecule has 2 atom stereocenters. The first kappa shape index (κ1) is 12.7. The van der Waals surface area contributed by atoms with Crippen LogP contribution in [0.15, 0.2) is 42.7 Å². The molecule has 18 heavy (non-hydrogen) atoms. The molecule has 0 fully saturated rings. The third-order valence-electron chi connectivity index (χ3n) is 3.51. The van der Waals surface area contributed by atoms with E-state index in [-0.39, 0.29) is 0 Å². The van der Waals surface area contributed by atoms with Crippen molar-refractivity contribution in [3.8, 4) is 5.69 Å². The van der Waals surface area contributed by atoms with E-state index in [4.69, 9.17) is 0 Å². The third kappa shape index (κ3) is 2.92. The zero-order valence-corrected chi connectivity index (χ0v) is 11.3. The topological polar surface area (TPSA) is 29.9 Å². The highest BCUT2D eigenvalue weighted by molar-refractivity contribution is 5.51. The Morgan fingerprint density at radius 3 is 2.78 bits per heavy atom. The number of hydrogen-bond donors (Lipinski definition) is 1. The minimum atomic E-state index is 0.475. The van der Waals surface area contributed by atoms with Crippen molar-refractivity contribution in [2.24, 2.45) is 5.92 Å². The van der Waals surface area contributed by atoms with Crippen LogP contribution in [0.5, 0.6) is 0 Å². The second-order valence-electron chi connectivity index (χ2n) is 4.82. The maximum absolute atomic E-state index is 4.25. The molecular formula is C15H21N3. The first-order valence-electron chi connectivity index (χ1n) is 6.57. The van der Waals surface area contributed by atoms with E-state index in [0.29, 0.717) is 12.0 Å². The molecule has 0 radical (unpaired) electrons. The highest BCUT2D eigenvalue weighted by atomic mass is 15.3. The molecule has 0 saturated carbocycles. The fraction of sp³-hybridized carbons (Fsp3) is 0.400. The Kier molecular flexibility index (Phi) is 4.03. The van der Waals surface area contributed by atoms with E-state index in [1.165, 1.54) is 6.42 Å². The lowest BCUT2D eigenvalue weighted by Crippen LogP contribution is -2.23. The standard InChI is InChI=1S/C15H21N3/c1-4-12(2)13(3)17-14-7-5-8-15(11-14)18-10-6-9-16-18/h5-13,17H,4H2,1-3H3. The van der Waals surface area contributed by atoms with Gasteiger partial charge in [-0.3, -0.25) is 0 Å². The van der Waals surface area contributed by atoms with Crippen molar-refractivity contribution in [2.75, 3.05) is 5.32 Å². The highest BCUT2D eigenvalue weighted by Crippen LogP contribution is 2.18. The van der Waals surface area contributed by atoms with Crippen molar-refractivity contribution in [2.45, 2.75) is 33.2 Å². The van der Waals surface area contributed by atoms with Crippen LogP contribution in [-0.4, -0.2) is 15.8 Å². The van der Waals surface area contributed by atoms with Crippen molar-refractivity contribution < 1.29 is 0 Å². The van der Waals surface area contributed by atoms with Crippen LogP contribution in [0.3, 0.4) is 0 Å². The molecule has 1 heterocycles. The summed E-state index contributed by atoms with van der Waals surface area (Å²) < 4.78 is 1.87. The number of anilines is 1. The van der Waals surface area contributed by atoms with Gasteiger partial charge in [-0.25, -0.2) is 4.68 Å². The predicted molar refractivity (Wildman–Crippen MR) is 76.1 cm³/mol. The van der Waals surface area contributed by atoms with Gasteiger partial charge in [-0.05, 0) is 37.1 Å². The molecule has 0 spiro atoms. The van der Waals surface area contributed by atoms with Crippen molar-refractivity contribution in [3.05, 3.63) is 42.7 Å². The van der Waals surface area contributed by atoms with E-state index < -0.39 is 0 Å². The first-order chi connectivity index (χ1) is 8.70. The lowest BCUT2D eigenvalue weighted by atomic mass is 10.0. The molecule has 2 aromatic rings. The van der Waals surface area contributed by atoms with E-state index in [1.54, 1.807) is 6.20 Å². The van der Waals surface area contributed by atoms with Gasteiger partial charge in [-0.1, -0.05) is 26.3 Å². The van der Waals surface area contributed by atoms with Gasteiger partial charge >= 0.3 is 0 Å². The Bertz CT molecular complexity index is 476. The van der Waals surface area contributed by atoms with Crippen LogP contribution in [0.2, 0.25) is 0 Å². The molecule has 0 aliphatic heterocycles. The fourth-order valence-electron chi connectivity index (χ4n) is 1.92. The summed E-state index contributed by atoms with van der Waals surface area (Å²) in [6, 6.07) is 10.8. The molecule has 96 valence electrons. The van der Waals surface area contributed by atoms with E-state index >= 15 is 0 Å². The maximum atomic E-state index is 4.25. The first-order valence-corrected chi connectivity index (χ1v) is 6.57. The van der Waals surface area contributed by atoms with Crippen molar-refractivity contribution >= 4 is 5.69 Å². The number of rotatable bonds is 5. The normalized spacial score (nSPS) is 14.2. The Morgan fingerprint density at radius 2 is 2.11 bits per heavy atom. The fourth-order valence-corrected chi connectivity index (χ4v) is 1.92. The molecular weight excluding hydrogens is 222 g/mol. The summed E-state index contributed by atoms with van der Waals surface area (Å²) in [4.78, 5) is 0. The summed E-state index contributed by atoms with van der Waals surface area (Å²) in [5, 5.41) is 7.80. The molecule has 2 unspecified atom stereocenters. The molecule has 0 aliphatic rings. The minimum Gasteiger partial charge on any atom is -0.382 e. The van der Waals surface area contributed by atoms with Crippen molar-refractivity contribution in [3.63, 3.8) is 0 Å². The molecule has 0 amide bonds. The second-order valence-corrected chi connectivity index (χ2v) is 4.82. The van der Waals surface area contributed by atoms with E-state index in [1.807, 2.05) is 16.9 Å². The van der Waals surface area contributed by atoms with Gasteiger partial charge in [-0.2, -0.15) is 5.10 Å². The highest BCUT2D eigenvalue weighted by Gasteiger charge is 2.09. The van der Waals surface area contributed by atoms with Crippen LogP contribution in [0, 0.1) is 5.92 Å². The summed E-state index contributed by atoms with van der Waals surface area (Å²) in [6.07, 6.45) is 4.94. The van der Waals surface area contributed by atoms with E-state index in [2.05, 4.69) is 55.5 Å². The number of nitrogens with one attached hydrogen (secondary N) is 1. The van der Waals surface area contributed by atoms with Crippen LogP contribution < -0.4 is 5.32 Å². The van der Waals surface area contributed by atoms with Gasteiger partial charge in [0.05, 0.1) is 5.69 Å². The van der Waals surface area contributed by atoms with Gasteiger partial charge in [0, 0.05) is 24.1 Å². The van der Waals surface area contributed by atoms with E-state index in [9.17, 15) is 0 Å². The van der Waals surface area contributed by atoms with Gasteiger partial charge in [-0.15, -0.1) is 0 Å². The average Bonchev–Trinajstić information content (AvgIpc) is 2.92. The monoisotopic (exact) mass is 243 g/mol. The zero-order chi connectivity index (χ0) is 13.0. The number of nitrogens with zero attached hydrogens (tertiary/aromatic N) is 2. The summed E-state index contributed by atoms with van der Waals surface area (Å²) in [5.41, 5.74) is 2.23.